The van der Waals surface area contributed by atoms with Crippen molar-refractivity contribution in [3.63, 3.8) is 0 Å². The second kappa shape index (κ2) is 10.5. The molecule has 1 N–H and O–H groups in total. The second-order valence-electron chi connectivity index (χ2n) is 6.42. The summed E-state index contributed by atoms with van der Waals surface area (Å²) in [6.07, 6.45) is 8.38. The van der Waals surface area contributed by atoms with Crippen molar-refractivity contribution in [2.75, 3.05) is 26.2 Å². The fourth-order valence-corrected chi connectivity index (χ4v) is 3.16. The molecule has 0 unspecified atom stereocenters. The maximum absolute atomic E-state index is 10.4. The topological polar surface area (TPSA) is 32.3 Å². The zero-order chi connectivity index (χ0) is 15.5. The zero-order valence-corrected chi connectivity index (χ0v) is 13.7. The standard InChI is InChI=1S/C14H19NO.C5H11N/c16-11-8-13-6-9-15(10-7-13)12-14-4-2-1-3-5-14;1-2-4-6-5-3-1/h1-5,11,13H,6-10,12H2;6H,1-5H2. The molecule has 1 aromatic carbocycles. The summed E-state index contributed by atoms with van der Waals surface area (Å²) in [6.45, 7) is 5.81. The van der Waals surface area contributed by atoms with Gasteiger partial charge in [0, 0.05) is 13.0 Å². The van der Waals surface area contributed by atoms with Crippen molar-refractivity contribution in [1.29, 1.82) is 0 Å². The Balaban J connectivity index is 0.000000246. The first-order valence-electron chi connectivity index (χ1n) is 8.79. The van der Waals surface area contributed by atoms with Crippen LogP contribution in [-0.4, -0.2) is 37.4 Å². The number of hydrogen-bond acceptors (Lipinski definition) is 3. The van der Waals surface area contributed by atoms with Crippen molar-refractivity contribution < 1.29 is 4.79 Å². The molecular weight excluding hydrogens is 272 g/mol. The van der Waals surface area contributed by atoms with Crippen LogP contribution in [0.15, 0.2) is 30.3 Å². The van der Waals surface area contributed by atoms with E-state index < -0.39 is 0 Å². The van der Waals surface area contributed by atoms with Crippen molar-refractivity contribution >= 4 is 6.29 Å². The third-order valence-electron chi connectivity index (χ3n) is 4.59. The predicted octanol–water partition coefficient (Wildman–Crippen LogP) is 3.25. The zero-order valence-electron chi connectivity index (χ0n) is 13.7. The number of piperidine rings is 2. The van der Waals surface area contributed by atoms with Crippen LogP contribution < -0.4 is 5.32 Å². The number of carbonyl (C=O) groups excluding carboxylic acids is 1. The molecule has 0 amide bonds. The SMILES string of the molecule is C1CCNCC1.O=CCC1CCN(Cc2ccccc2)CC1. The van der Waals surface area contributed by atoms with Crippen molar-refractivity contribution in [1.82, 2.24) is 10.2 Å². The number of benzene rings is 1. The monoisotopic (exact) mass is 302 g/mol. The number of nitrogens with one attached hydrogen (secondary N) is 1. The van der Waals surface area contributed by atoms with Gasteiger partial charge in [-0.15, -0.1) is 0 Å². The predicted molar refractivity (Wildman–Crippen MR) is 91.8 cm³/mol. The van der Waals surface area contributed by atoms with Gasteiger partial charge in [-0.2, -0.15) is 0 Å². The van der Waals surface area contributed by atoms with Crippen LogP contribution in [0.3, 0.4) is 0 Å². The fourth-order valence-electron chi connectivity index (χ4n) is 3.16. The van der Waals surface area contributed by atoms with Gasteiger partial charge in [-0.05, 0) is 63.3 Å². The largest absolute Gasteiger partial charge is 0.317 e. The normalized spacial score (nSPS) is 20.0. The third kappa shape index (κ3) is 6.71. The molecular formula is C19H30N2O. The molecule has 2 saturated heterocycles. The molecule has 3 nitrogen and oxygen atoms in total. The van der Waals surface area contributed by atoms with Crippen molar-refractivity contribution in [3.05, 3.63) is 35.9 Å². The number of aldehydes is 1. The lowest BCUT2D eigenvalue weighted by Gasteiger charge is -2.31. The van der Waals surface area contributed by atoms with Crippen molar-refractivity contribution in [3.8, 4) is 0 Å². The molecule has 1 aromatic rings. The highest BCUT2D eigenvalue weighted by molar-refractivity contribution is 5.49. The Morgan fingerprint density at radius 2 is 1.73 bits per heavy atom. The smallest absolute Gasteiger partial charge is 0.120 e. The average molecular weight is 302 g/mol. The van der Waals surface area contributed by atoms with Gasteiger partial charge in [0.05, 0.1) is 0 Å². The molecule has 0 saturated carbocycles. The molecule has 2 fully saturated rings. The Morgan fingerprint density at radius 3 is 2.23 bits per heavy atom. The van der Waals surface area contributed by atoms with E-state index in [4.69, 9.17) is 0 Å². The molecule has 0 radical (unpaired) electrons. The quantitative estimate of drug-likeness (QED) is 0.867. The highest BCUT2D eigenvalue weighted by atomic mass is 16.1. The van der Waals surface area contributed by atoms with Crippen LogP contribution in [0.1, 0.15) is 44.1 Å². The average Bonchev–Trinajstić information content (AvgIpc) is 2.60. The Hall–Kier alpha value is -1.19. The summed E-state index contributed by atoms with van der Waals surface area (Å²) in [5.41, 5.74) is 1.39. The summed E-state index contributed by atoms with van der Waals surface area (Å²) in [5, 5.41) is 3.28. The molecule has 0 aliphatic carbocycles. The first-order valence-corrected chi connectivity index (χ1v) is 8.79. The van der Waals surface area contributed by atoms with E-state index in [1.165, 1.54) is 50.8 Å². The van der Waals surface area contributed by atoms with Gasteiger partial charge in [0.2, 0.25) is 0 Å². The molecule has 3 rings (SSSR count). The minimum Gasteiger partial charge on any atom is -0.317 e. The van der Waals surface area contributed by atoms with Gasteiger partial charge in [0.1, 0.15) is 6.29 Å². The molecule has 2 aliphatic heterocycles. The van der Waals surface area contributed by atoms with Gasteiger partial charge in [-0.3, -0.25) is 4.90 Å². The molecule has 0 spiro atoms. The molecule has 3 heteroatoms. The van der Waals surface area contributed by atoms with Crippen LogP contribution in [0, 0.1) is 5.92 Å². The van der Waals surface area contributed by atoms with Gasteiger partial charge in [0.15, 0.2) is 0 Å². The lowest BCUT2D eigenvalue weighted by atomic mass is 9.94. The number of rotatable bonds is 4. The van der Waals surface area contributed by atoms with Gasteiger partial charge >= 0.3 is 0 Å². The van der Waals surface area contributed by atoms with Gasteiger partial charge in [-0.1, -0.05) is 36.8 Å². The van der Waals surface area contributed by atoms with E-state index in [-0.39, 0.29) is 0 Å². The number of hydrogen-bond donors (Lipinski definition) is 1. The summed E-state index contributed by atoms with van der Waals surface area (Å²) in [6, 6.07) is 10.6. The first kappa shape index (κ1) is 17.2. The molecule has 122 valence electrons. The Kier molecular flexibility index (Phi) is 8.21. The van der Waals surface area contributed by atoms with E-state index in [1.807, 2.05) is 0 Å². The molecule has 2 aliphatic rings. The van der Waals surface area contributed by atoms with Crippen molar-refractivity contribution in [2.24, 2.45) is 5.92 Å². The van der Waals surface area contributed by atoms with Gasteiger partial charge in [0.25, 0.3) is 0 Å². The highest BCUT2D eigenvalue weighted by Gasteiger charge is 2.18. The summed E-state index contributed by atoms with van der Waals surface area (Å²) in [7, 11) is 0. The second-order valence-corrected chi connectivity index (χ2v) is 6.42. The van der Waals surface area contributed by atoms with Crippen LogP contribution in [0.2, 0.25) is 0 Å². The summed E-state index contributed by atoms with van der Waals surface area (Å²) >= 11 is 0. The Bertz CT molecular complexity index is 384. The lowest BCUT2D eigenvalue weighted by molar-refractivity contribution is -0.108. The highest BCUT2D eigenvalue weighted by Crippen LogP contribution is 2.20. The lowest BCUT2D eigenvalue weighted by Crippen LogP contribution is -2.33. The molecule has 0 aromatic heterocycles. The van der Waals surface area contributed by atoms with Gasteiger partial charge in [-0.25, -0.2) is 0 Å². The van der Waals surface area contributed by atoms with Crippen LogP contribution in [0.25, 0.3) is 0 Å². The van der Waals surface area contributed by atoms with E-state index in [0.29, 0.717) is 5.92 Å². The van der Waals surface area contributed by atoms with E-state index in [0.717, 1.165) is 32.3 Å². The maximum Gasteiger partial charge on any atom is 0.120 e. The summed E-state index contributed by atoms with van der Waals surface area (Å²) < 4.78 is 0. The Labute approximate surface area is 135 Å². The number of likely N-dealkylation sites (tertiary alicyclic amines) is 1. The minimum absolute atomic E-state index is 0.629. The Morgan fingerprint density at radius 1 is 1.05 bits per heavy atom. The van der Waals surface area contributed by atoms with E-state index in [2.05, 4.69) is 40.5 Å². The van der Waals surface area contributed by atoms with Crippen LogP contribution in [0.4, 0.5) is 0 Å². The molecule has 0 atom stereocenters. The third-order valence-corrected chi connectivity index (χ3v) is 4.59. The number of carbonyl (C=O) groups is 1. The van der Waals surface area contributed by atoms with Crippen molar-refractivity contribution in [2.45, 2.75) is 45.1 Å². The maximum atomic E-state index is 10.4. The number of nitrogens with zero attached hydrogens (tertiary/aromatic N) is 1. The van der Waals surface area contributed by atoms with E-state index in [1.54, 1.807) is 0 Å². The van der Waals surface area contributed by atoms with Crippen LogP contribution >= 0.6 is 0 Å². The minimum atomic E-state index is 0.629. The first-order chi connectivity index (χ1) is 10.9. The molecule has 22 heavy (non-hydrogen) atoms. The fraction of sp³-hybridized carbons (Fsp3) is 0.632. The van der Waals surface area contributed by atoms with Crippen LogP contribution in [-0.2, 0) is 11.3 Å². The van der Waals surface area contributed by atoms with Gasteiger partial charge < -0.3 is 10.1 Å². The van der Waals surface area contributed by atoms with E-state index in [9.17, 15) is 4.79 Å². The summed E-state index contributed by atoms with van der Waals surface area (Å²) in [4.78, 5) is 12.9. The molecule has 0 bridgehead atoms. The summed E-state index contributed by atoms with van der Waals surface area (Å²) in [5.74, 6) is 0.629. The molecule has 2 heterocycles. The van der Waals surface area contributed by atoms with E-state index >= 15 is 0 Å². The van der Waals surface area contributed by atoms with Crippen LogP contribution in [0.5, 0.6) is 0 Å².